The van der Waals surface area contributed by atoms with Gasteiger partial charge in [0.1, 0.15) is 5.75 Å². The van der Waals surface area contributed by atoms with Crippen molar-refractivity contribution in [3.8, 4) is 5.75 Å². The second-order valence-electron chi connectivity index (χ2n) is 7.45. The predicted molar refractivity (Wildman–Crippen MR) is 139 cm³/mol. The molecule has 0 aliphatic carbocycles. The molecule has 0 radical (unpaired) electrons. The summed E-state index contributed by atoms with van der Waals surface area (Å²) in [5.74, 6) is 1.78. The molecule has 7 heteroatoms. The minimum atomic E-state index is 0. The van der Waals surface area contributed by atoms with Crippen molar-refractivity contribution in [1.82, 2.24) is 10.6 Å². The first kappa shape index (κ1) is 25.3. The van der Waals surface area contributed by atoms with Crippen LogP contribution in [0.5, 0.6) is 5.75 Å². The third-order valence-corrected chi connectivity index (χ3v) is 5.31. The van der Waals surface area contributed by atoms with Gasteiger partial charge in [-0.25, -0.2) is 0 Å². The van der Waals surface area contributed by atoms with Gasteiger partial charge in [-0.15, -0.1) is 24.0 Å². The Morgan fingerprint density at radius 2 is 1.87 bits per heavy atom. The van der Waals surface area contributed by atoms with Crippen molar-refractivity contribution in [3.05, 3.63) is 60.2 Å². The number of nitrogens with one attached hydrogen (secondary N) is 2. The van der Waals surface area contributed by atoms with E-state index < -0.39 is 0 Å². The lowest BCUT2D eigenvalue weighted by Crippen LogP contribution is -2.45. The number of hydrogen-bond acceptors (Lipinski definition) is 4. The van der Waals surface area contributed by atoms with Gasteiger partial charge in [0.15, 0.2) is 5.96 Å². The molecule has 1 unspecified atom stereocenters. The van der Waals surface area contributed by atoms with Crippen molar-refractivity contribution in [2.75, 3.05) is 51.9 Å². The highest BCUT2D eigenvalue weighted by atomic mass is 127. The quantitative estimate of drug-likeness (QED) is 0.209. The summed E-state index contributed by atoms with van der Waals surface area (Å²) in [6, 6.07) is 19.0. The van der Waals surface area contributed by atoms with E-state index in [-0.39, 0.29) is 24.0 Å². The van der Waals surface area contributed by atoms with Crippen LogP contribution in [0.15, 0.2) is 59.6 Å². The minimum Gasteiger partial charge on any atom is -0.495 e. The third kappa shape index (κ3) is 8.22. The number of guanidine groups is 1. The summed E-state index contributed by atoms with van der Waals surface area (Å²) in [7, 11) is 3.54. The van der Waals surface area contributed by atoms with Crippen LogP contribution in [0.1, 0.15) is 18.4 Å². The molecule has 2 aromatic rings. The topological polar surface area (TPSA) is 58.1 Å². The Morgan fingerprint density at radius 1 is 1.10 bits per heavy atom. The molecule has 0 spiro atoms. The Morgan fingerprint density at radius 3 is 2.65 bits per heavy atom. The molecule has 1 aliphatic heterocycles. The van der Waals surface area contributed by atoms with Crippen LogP contribution in [0.4, 0.5) is 5.69 Å². The normalized spacial score (nSPS) is 16.0. The van der Waals surface area contributed by atoms with Crippen LogP contribution >= 0.6 is 24.0 Å². The molecular weight excluding hydrogens is 503 g/mol. The Kier molecular flexibility index (Phi) is 11.5. The van der Waals surface area contributed by atoms with Gasteiger partial charge in [-0.3, -0.25) is 4.99 Å². The van der Waals surface area contributed by atoms with E-state index in [1.54, 1.807) is 7.11 Å². The maximum absolute atomic E-state index is 5.75. The van der Waals surface area contributed by atoms with Gasteiger partial charge in [0.05, 0.1) is 19.4 Å². The third-order valence-electron chi connectivity index (χ3n) is 5.31. The molecule has 1 fully saturated rings. The summed E-state index contributed by atoms with van der Waals surface area (Å²) in [4.78, 5) is 6.73. The summed E-state index contributed by atoms with van der Waals surface area (Å²) in [5.41, 5.74) is 2.47. The van der Waals surface area contributed by atoms with Crippen molar-refractivity contribution >= 4 is 35.6 Å². The smallest absolute Gasteiger partial charge is 0.191 e. The molecule has 31 heavy (non-hydrogen) atoms. The number of hydrogen-bond donors (Lipinski definition) is 2. The van der Waals surface area contributed by atoms with Crippen molar-refractivity contribution < 1.29 is 9.47 Å². The van der Waals surface area contributed by atoms with Crippen molar-refractivity contribution in [2.45, 2.75) is 25.3 Å². The van der Waals surface area contributed by atoms with Gasteiger partial charge in [0, 0.05) is 39.3 Å². The molecule has 0 saturated carbocycles. The number of para-hydroxylation sites is 2. The molecule has 2 aromatic carbocycles. The average Bonchev–Trinajstić information content (AvgIpc) is 3.26. The van der Waals surface area contributed by atoms with E-state index in [0.717, 1.165) is 69.5 Å². The predicted octanol–water partition coefficient (Wildman–Crippen LogP) is 3.71. The summed E-state index contributed by atoms with van der Waals surface area (Å²) in [6.45, 7) is 4.29. The van der Waals surface area contributed by atoms with Crippen LogP contribution in [0, 0.1) is 0 Å². The van der Waals surface area contributed by atoms with E-state index in [1.165, 1.54) is 5.56 Å². The highest BCUT2D eigenvalue weighted by Gasteiger charge is 2.25. The Labute approximate surface area is 203 Å². The second kappa shape index (κ2) is 14.1. The molecule has 0 amide bonds. The van der Waals surface area contributed by atoms with Gasteiger partial charge in [-0.05, 0) is 37.0 Å². The number of benzene rings is 2. The summed E-state index contributed by atoms with van der Waals surface area (Å²) in [6.07, 6.45) is 2.98. The zero-order valence-electron chi connectivity index (χ0n) is 18.5. The van der Waals surface area contributed by atoms with E-state index in [0.29, 0.717) is 6.04 Å². The largest absolute Gasteiger partial charge is 0.495 e. The number of nitrogens with zero attached hydrogens (tertiary/aromatic N) is 2. The molecule has 0 aromatic heterocycles. The van der Waals surface area contributed by atoms with Gasteiger partial charge in [0.25, 0.3) is 0 Å². The van der Waals surface area contributed by atoms with E-state index in [1.807, 2.05) is 25.2 Å². The monoisotopic (exact) mass is 538 g/mol. The Balaban J connectivity index is 0.00000341. The standard InChI is InChI=1S/C24H34N4O2.HI/c1-25-24(26-15-8-17-30-18-14-20-9-4-3-5-10-20)27-21-13-16-28(19-21)22-11-6-7-12-23(22)29-2;/h3-7,9-12,21H,8,13-19H2,1-2H3,(H2,25,26,27);1H. The van der Waals surface area contributed by atoms with Crippen molar-refractivity contribution in [3.63, 3.8) is 0 Å². The second-order valence-corrected chi connectivity index (χ2v) is 7.45. The lowest BCUT2D eigenvalue weighted by molar-refractivity contribution is 0.135. The van der Waals surface area contributed by atoms with Crippen LogP contribution in [-0.2, 0) is 11.2 Å². The number of halogens is 1. The van der Waals surface area contributed by atoms with E-state index >= 15 is 0 Å². The average molecular weight is 538 g/mol. The van der Waals surface area contributed by atoms with Crippen LogP contribution in [-0.4, -0.2) is 59.0 Å². The highest BCUT2D eigenvalue weighted by Crippen LogP contribution is 2.30. The number of anilines is 1. The lowest BCUT2D eigenvalue weighted by Gasteiger charge is -2.22. The Hall–Kier alpha value is -2.00. The van der Waals surface area contributed by atoms with Gasteiger partial charge < -0.3 is 25.0 Å². The highest BCUT2D eigenvalue weighted by molar-refractivity contribution is 14.0. The first-order chi connectivity index (χ1) is 14.8. The van der Waals surface area contributed by atoms with Gasteiger partial charge in [-0.2, -0.15) is 0 Å². The van der Waals surface area contributed by atoms with Crippen molar-refractivity contribution in [1.29, 1.82) is 0 Å². The molecule has 170 valence electrons. The van der Waals surface area contributed by atoms with Gasteiger partial charge in [0.2, 0.25) is 0 Å². The zero-order chi connectivity index (χ0) is 21.0. The first-order valence-electron chi connectivity index (χ1n) is 10.8. The fraction of sp³-hybridized carbons (Fsp3) is 0.458. The van der Waals surface area contributed by atoms with Crippen LogP contribution in [0.2, 0.25) is 0 Å². The number of ether oxygens (including phenoxy) is 2. The summed E-state index contributed by atoms with van der Waals surface area (Å²) in [5, 5.41) is 6.94. The van der Waals surface area contributed by atoms with Gasteiger partial charge >= 0.3 is 0 Å². The molecule has 3 rings (SSSR count). The van der Waals surface area contributed by atoms with E-state index in [2.05, 4.69) is 56.9 Å². The van der Waals surface area contributed by atoms with Gasteiger partial charge in [-0.1, -0.05) is 42.5 Å². The molecule has 2 N–H and O–H groups in total. The fourth-order valence-corrected chi connectivity index (χ4v) is 3.69. The molecule has 1 aliphatic rings. The summed E-state index contributed by atoms with van der Waals surface area (Å²) >= 11 is 0. The van der Waals surface area contributed by atoms with Crippen molar-refractivity contribution in [2.24, 2.45) is 4.99 Å². The maximum Gasteiger partial charge on any atom is 0.191 e. The minimum absolute atomic E-state index is 0. The molecule has 6 nitrogen and oxygen atoms in total. The molecular formula is C24H35IN4O2. The maximum atomic E-state index is 5.75. The summed E-state index contributed by atoms with van der Waals surface area (Å²) < 4.78 is 11.3. The fourth-order valence-electron chi connectivity index (χ4n) is 3.69. The van der Waals surface area contributed by atoms with E-state index in [9.17, 15) is 0 Å². The number of rotatable bonds is 10. The number of methoxy groups -OCH3 is 1. The Bertz CT molecular complexity index is 788. The SMILES string of the molecule is CN=C(NCCCOCCc1ccccc1)NC1CCN(c2ccccc2OC)C1.I. The molecule has 1 saturated heterocycles. The number of aliphatic imine (C=N–C) groups is 1. The van der Waals surface area contributed by atoms with Crippen LogP contribution in [0.25, 0.3) is 0 Å². The van der Waals surface area contributed by atoms with Crippen LogP contribution < -0.4 is 20.3 Å². The zero-order valence-corrected chi connectivity index (χ0v) is 20.9. The first-order valence-corrected chi connectivity index (χ1v) is 10.8. The molecule has 0 bridgehead atoms. The lowest BCUT2D eigenvalue weighted by atomic mass is 10.2. The molecule has 1 heterocycles. The molecule has 1 atom stereocenters. The van der Waals surface area contributed by atoms with Crippen LogP contribution in [0.3, 0.4) is 0 Å². The van der Waals surface area contributed by atoms with E-state index in [4.69, 9.17) is 9.47 Å².